The lowest BCUT2D eigenvalue weighted by molar-refractivity contribution is -0.136. The molecular formula is C37H59F5N8O11. The van der Waals surface area contributed by atoms with E-state index in [0.29, 0.717) is 58.2 Å². The van der Waals surface area contributed by atoms with Crippen LogP contribution in [-0.2, 0) is 47.7 Å². The highest BCUT2D eigenvalue weighted by Gasteiger charge is 2.29. The number of carbonyl (C=O) groups is 6. The van der Waals surface area contributed by atoms with E-state index in [2.05, 4.69) is 31.3 Å². The highest BCUT2D eigenvalue weighted by atomic mass is 19.2. The van der Waals surface area contributed by atoms with E-state index in [1.165, 1.54) is 0 Å². The molecule has 0 saturated carbocycles. The van der Waals surface area contributed by atoms with Gasteiger partial charge in [0.2, 0.25) is 64.4 Å². The molecule has 2 atom stereocenters. The zero-order chi connectivity index (χ0) is 45.4. The molecule has 0 aromatic heterocycles. The van der Waals surface area contributed by atoms with Crippen molar-refractivity contribution >= 4 is 35.5 Å². The van der Waals surface area contributed by atoms with Gasteiger partial charge in [-0.25, -0.2) is 13.2 Å². The van der Waals surface area contributed by atoms with Crippen molar-refractivity contribution in [2.45, 2.75) is 69.9 Å². The minimum atomic E-state index is -2.38. The van der Waals surface area contributed by atoms with Crippen molar-refractivity contribution in [1.82, 2.24) is 26.6 Å². The summed E-state index contributed by atoms with van der Waals surface area (Å²) in [5.41, 5.74) is 16.6. The van der Waals surface area contributed by atoms with E-state index in [1.54, 1.807) is 0 Å². The lowest BCUT2D eigenvalue weighted by Crippen LogP contribution is -2.53. The Balaban J connectivity index is 2.23. The van der Waals surface area contributed by atoms with Crippen molar-refractivity contribution in [2.24, 2.45) is 17.2 Å². The summed E-state index contributed by atoms with van der Waals surface area (Å²) in [4.78, 5) is 74.6. The summed E-state index contributed by atoms with van der Waals surface area (Å²) in [6.07, 6.45) is 2.93. The summed E-state index contributed by atoms with van der Waals surface area (Å²) in [5, 5.41) is 12.8. The minimum absolute atomic E-state index is 0.0129. The number of hydrogen-bond acceptors (Lipinski definition) is 14. The van der Waals surface area contributed by atoms with Gasteiger partial charge in [-0.2, -0.15) is 8.78 Å². The topological polar surface area (TPSA) is 287 Å². The van der Waals surface area contributed by atoms with E-state index in [9.17, 15) is 50.7 Å². The van der Waals surface area contributed by atoms with E-state index in [1.807, 2.05) is 0 Å². The maximum atomic E-state index is 13.6. The summed E-state index contributed by atoms with van der Waals surface area (Å²) in [6.45, 7) is 1.14. The summed E-state index contributed by atoms with van der Waals surface area (Å²) in [7, 11) is 0. The van der Waals surface area contributed by atoms with Crippen LogP contribution in [0.5, 0.6) is 5.75 Å². The molecule has 0 saturated heterocycles. The van der Waals surface area contributed by atoms with Crippen LogP contribution < -0.4 is 48.5 Å². The molecule has 0 spiro atoms. The smallest absolute Gasteiger partial charge is 0.313 e. The van der Waals surface area contributed by atoms with Gasteiger partial charge in [0.25, 0.3) is 0 Å². The first kappa shape index (κ1) is 54.4. The SMILES string of the molecule is NCCCCC(NC(=O)CCCN)C(=O)NCC(=O)NC(CCCCN)C(=O)NCC(=O)NCCOCCOCCOCCOCCC(=O)Oc1c(F)c(F)c(F)c(F)c1F. The lowest BCUT2D eigenvalue weighted by Gasteiger charge is -2.20. The van der Waals surface area contributed by atoms with Crippen LogP contribution in [0.25, 0.3) is 0 Å². The van der Waals surface area contributed by atoms with Gasteiger partial charge in [0.15, 0.2) is 0 Å². The van der Waals surface area contributed by atoms with Gasteiger partial charge in [0.1, 0.15) is 12.1 Å². The number of ether oxygens (including phenoxy) is 5. The van der Waals surface area contributed by atoms with Gasteiger partial charge in [0.05, 0.1) is 72.4 Å². The number of amides is 5. The van der Waals surface area contributed by atoms with Crippen molar-refractivity contribution in [3.05, 3.63) is 29.1 Å². The normalized spacial score (nSPS) is 12.0. The molecule has 1 rings (SSSR count). The van der Waals surface area contributed by atoms with Crippen molar-refractivity contribution in [2.75, 3.05) is 92.1 Å². The van der Waals surface area contributed by atoms with Gasteiger partial charge >= 0.3 is 5.97 Å². The average molecular weight is 887 g/mol. The van der Waals surface area contributed by atoms with Crippen molar-refractivity contribution in [3.8, 4) is 5.75 Å². The first-order valence-electron chi connectivity index (χ1n) is 19.8. The molecule has 2 unspecified atom stereocenters. The van der Waals surface area contributed by atoms with Crippen LogP contribution in [0, 0.1) is 29.1 Å². The first-order chi connectivity index (χ1) is 29.3. The molecule has 61 heavy (non-hydrogen) atoms. The zero-order valence-electron chi connectivity index (χ0n) is 34.0. The number of hydrogen-bond donors (Lipinski definition) is 8. The van der Waals surface area contributed by atoms with Crippen LogP contribution >= 0.6 is 0 Å². The van der Waals surface area contributed by atoms with Crippen LogP contribution in [0.4, 0.5) is 22.0 Å². The highest BCUT2D eigenvalue weighted by molar-refractivity contribution is 5.93. The molecule has 24 heteroatoms. The Labute approximate surface area is 350 Å². The third-order valence-electron chi connectivity index (χ3n) is 8.17. The summed E-state index contributed by atoms with van der Waals surface area (Å²) in [6, 6.07) is -1.88. The molecule has 1 aromatic carbocycles. The lowest BCUT2D eigenvalue weighted by atomic mass is 10.1. The number of nitrogens with one attached hydrogen (secondary N) is 5. The number of esters is 1. The van der Waals surface area contributed by atoms with Crippen LogP contribution in [0.15, 0.2) is 0 Å². The molecule has 0 fully saturated rings. The fraction of sp³-hybridized carbons (Fsp3) is 0.676. The second-order valence-electron chi connectivity index (χ2n) is 13.1. The van der Waals surface area contributed by atoms with Crippen LogP contribution in [-0.4, -0.2) is 140 Å². The van der Waals surface area contributed by atoms with Gasteiger partial charge in [-0.1, -0.05) is 0 Å². The molecular weight excluding hydrogens is 827 g/mol. The Morgan fingerprint density at radius 3 is 1.39 bits per heavy atom. The number of carbonyl (C=O) groups excluding carboxylic acids is 6. The standard InChI is InChI=1S/C37H59F5N8O11/c38-30-31(39)33(41)35(34(42)32(30)40)61-29(54)9-14-57-16-18-59-20-21-60-19-17-58-15-13-46-27(52)22-47-37(56)25(7-2-4-11-44)50-28(53)23-48-36(55)24(6-1-3-10-43)49-26(51)8-5-12-45/h24-25H,1-23,43-45H2,(H,46,52)(H,47,56)(H,48,55)(H,49,51)(H,50,53). The Kier molecular flexibility index (Phi) is 29.5. The first-order valence-corrected chi connectivity index (χ1v) is 19.8. The molecule has 0 heterocycles. The van der Waals surface area contributed by atoms with Crippen molar-refractivity contribution < 1.29 is 74.4 Å². The molecule has 0 radical (unpaired) electrons. The predicted octanol–water partition coefficient (Wildman–Crippen LogP) is -0.941. The molecule has 19 nitrogen and oxygen atoms in total. The van der Waals surface area contributed by atoms with Gasteiger partial charge in [-0.05, 0) is 64.6 Å². The third-order valence-corrected chi connectivity index (χ3v) is 8.17. The summed E-state index contributed by atoms with van der Waals surface area (Å²) >= 11 is 0. The van der Waals surface area contributed by atoms with E-state index in [4.69, 9.17) is 36.1 Å². The summed E-state index contributed by atoms with van der Waals surface area (Å²) < 4.78 is 92.1. The number of benzene rings is 1. The zero-order valence-corrected chi connectivity index (χ0v) is 34.0. The van der Waals surface area contributed by atoms with Gasteiger partial charge in [-0.3, -0.25) is 28.8 Å². The Hall–Kier alpha value is -4.59. The van der Waals surface area contributed by atoms with E-state index >= 15 is 0 Å². The van der Waals surface area contributed by atoms with E-state index in [0.717, 1.165) is 0 Å². The van der Waals surface area contributed by atoms with Crippen molar-refractivity contribution in [1.29, 1.82) is 0 Å². The largest absolute Gasteiger partial charge is 0.420 e. The maximum Gasteiger partial charge on any atom is 0.313 e. The molecule has 5 amide bonds. The quantitative estimate of drug-likeness (QED) is 0.0102. The van der Waals surface area contributed by atoms with E-state index < -0.39 is 89.5 Å². The molecule has 1 aromatic rings. The fourth-order valence-electron chi connectivity index (χ4n) is 4.96. The van der Waals surface area contributed by atoms with E-state index in [-0.39, 0.29) is 84.7 Å². The van der Waals surface area contributed by atoms with Gasteiger partial charge < -0.3 is 67.5 Å². The average Bonchev–Trinajstić information content (AvgIpc) is 3.24. The number of rotatable bonds is 35. The number of unbranched alkanes of at least 4 members (excludes halogenated alkanes) is 2. The predicted molar refractivity (Wildman–Crippen MR) is 207 cm³/mol. The third kappa shape index (κ3) is 23.8. The maximum absolute atomic E-state index is 13.6. The highest BCUT2D eigenvalue weighted by Crippen LogP contribution is 2.29. The molecule has 0 aliphatic rings. The molecule has 11 N–H and O–H groups in total. The Morgan fingerprint density at radius 1 is 0.475 bits per heavy atom. The second kappa shape index (κ2) is 33.1. The van der Waals surface area contributed by atoms with Crippen LogP contribution in [0.1, 0.15) is 57.8 Å². The number of halogens is 5. The van der Waals surface area contributed by atoms with Gasteiger partial charge in [-0.15, -0.1) is 0 Å². The summed E-state index contributed by atoms with van der Waals surface area (Å²) in [5.74, 6) is -17.0. The van der Waals surface area contributed by atoms with Gasteiger partial charge in [0, 0.05) is 13.0 Å². The Bertz CT molecular complexity index is 1490. The molecule has 0 bridgehead atoms. The van der Waals surface area contributed by atoms with Crippen LogP contribution in [0.3, 0.4) is 0 Å². The minimum Gasteiger partial charge on any atom is -0.420 e. The monoisotopic (exact) mass is 886 g/mol. The van der Waals surface area contributed by atoms with Crippen LogP contribution in [0.2, 0.25) is 0 Å². The molecule has 348 valence electrons. The second-order valence-corrected chi connectivity index (χ2v) is 13.1. The fourth-order valence-corrected chi connectivity index (χ4v) is 4.96. The number of nitrogens with two attached hydrogens (primary N) is 3. The Morgan fingerprint density at radius 2 is 0.902 bits per heavy atom. The van der Waals surface area contributed by atoms with Crippen molar-refractivity contribution in [3.63, 3.8) is 0 Å². The molecule has 0 aliphatic carbocycles. The molecule has 0 aliphatic heterocycles.